The first-order chi connectivity index (χ1) is 7.04. The van der Waals surface area contributed by atoms with E-state index in [1.165, 1.54) is 16.7 Å². The van der Waals surface area contributed by atoms with Crippen LogP contribution in [0.15, 0.2) is 12.1 Å². The van der Waals surface area contributed by atoms with Crippen LogP contribution in [0.5, 0.6) is 5.75 Å². The topological polar surface area (TPSA) is 21.3 Å². The van der Waals surface area contributed by atoms with Crippen molar-refractivity contribution in [1.29, 1.82) is 0 Å². The number of methoxy groups -OCH3 is 1. The molecule has 0 saturated carbocycles. The van der Waals surface area contributed by atoms with Gasteiger partial charge in [0.1, 0.15) is 5.75 Å². The van der Waals surface area contributed by atoms with E-state index in [4.69, 9.17) is 4.74 Å². The Bertz CT molecular complexity index is 332. The first-order valence-corrected chi connectivity index (χ1v) is 5.42. The molecule has 0 spiro atoms. The van der Waals surface area contributed by atoms with Crippen molar-refractivity contribution in [1.82, 2.24) is 5.32 Å². The second-order valence-electron chi connectivity index (χ2n) is 4.28. The van der Waals surface area contributed by atoms with E-state index in [1.807, 2.05) is 0 Å². The Labute approximate surface area is 92.6 Å². The van der Waals surface area contributed by atoms with E-state index in [0.717, 1.165) is 12.3 Å². The lowest BCUT2D eigenvalue weighted by Crippen LogP contribution is -2.22. The van der Waals surface area contributed by atoms with E-state index in [0.29, 0.717) is 6.04 Å². The quantitative estimate of drug-likeness (QED) is 0.819. The molecule has 0 radical (unpaired) electrons. The molecule has 2 heteroatoms. The second kappa shape index (κ2) is 5.17. The van der Waals surface area contributed by atoms with Gasteiger partial charge in [0.15, 0.2) is 0 Å². The molecule has 2 nitrogen and oxygen atoms in total. The van der Waals surface area contributed by atoms with Crippen molar-refractivity contribution in [2.24, 2.45) is 0 Å². The van der Waals surface area contributed by atoms with Gasteiger partial charge in [0, 0.05) is 12.6 Å². The molecule has 0 unspecified atom stereocenters. The van der Waals surface area contributed by atoms with E-state index in [-0.39, 0.29) is 0 Å². The van der Waals surface area contributed by atoms with Crippen LogP contribution >= 0.6 is 0 Å². The van der Waals surface area contributed by atoms with Crippen molar-refractivity contribution < 1.29 is 4.74 Å². The standard InChI is InChI=1S/C13H21NO/c1-9(2)14-8-12-6-11(4)13(15-5)7-10(12)3/h6-7,9,14H,8H2,1-5H3. The van der Waals surface area contributed by atoms with Crippen molar-refractivity contribution in [2.75, 3.05) is 7.11 Å². The Hall–Kier alpha value is -1.02. The average Bonchev–Trinajstić information content (AvgIpc) is 2.18. The highest BCUT2D eigenvalue weighted by atomic mass is 16.5. The maximum atomic E-state index is 5.29. The summed E-state index contributed by atoms with van der Waals surface area (Å²) in [6.07, 6.45) is 0. The van der Waals surface area contributed by atoms with Gasteiger partial charge in [0.25, 0.3) is 0 Å². The summed E-state index contributed by atoms with van der Waals surface area (Å²) >= 11 is 0. The average molecular weight is 207 g/mol. The third kappa shape index (κ3) is 3.24. The minimum absolute atomic E-state index is 0.520. The van der Waals surface area contributed by atoms with Crippen molar-refractivity contribution in [3.63, 3.8) is 0 Å². The van der Waals surface area contributed by atoms with Gasteiger partial charge < -0.3 is 10.1 Å². The molecular weight excluding hydrogens is 186 g/mol. The number of benzene rings is 1. The molecule has 1 N–H and O–H groups in total. The van der Waals surface area contributed by atoms with Gasteiger partial charge in [-0.3, -0.25) is 0 Å². The van der Waals surface area contributed by atoms with E-state index in [1.54, 1.807) is 7.11 Å². The number of ether oxygens (including phenoxy) is 1. The summed E-state index contributed by atoms with van der Waals surface area (Å²) in [6, 6.07) is 4.82. The van der Waals surface area contributed by atoms with Crippen molar-refractivity contribution in [2.45, 2.75) is 40.3 Å². The lowest BCUT2D eigenvalue weighted by atomic mass is 10.0. The fourth-order valence-corrected chi connectivity index (χ4v) is 1.57. The summed E-state index contributed by atoms with van der Waals surface area (Å²) < 4.78 is 5.29. The molecule has 84 valence electrons. The minimum Gasteiger partial charge on any atom is -0.496 e. The van der Waals surface area contributed by atoms with Crippen LogP contribution < -0.4 is 10.1 Å². The molecule has 0 aliphatic carbocycles. The van der Waals surface area contributed by atoms with Gasteiger partial charge in [0.05, 0.1) is 7.11 Å². The molecule has 0 bridgehead atoms. The fourth-order valence-electron chi connectivity index (χ4n) is 1.57. The molecular formula is C13H21NO. The van der Waals surface area contributed by atoms with Crippen LogP contribution in [0, 0.1) is 13.8 Å². The van der Waals surface area contributed by atoms with Gasteiger partial charge >= 0.3 is 0 Å². The van der Waals surface area contributed by atoms with Crippen LogP contribution in [0.25, 0.3) is 0 Å². The summed E-state index contributed by atoms with van der Waals surface area (Å²) in [5, 5.41) is 3.43. The molecule has 0 saturated heterocycles. The maximum absolute atomic E-state index is 5.29. The molecule has 1 aromatic rings. The van der Waals surface area contributed by atoms with Crippen LogP contribution in [0.4, 0.5) is 0 Å². The number of aryl methyl sites for hydroxylation is 2. The Kier molecular flexibility index (Phi) is 4.15. The number of rotatable bonds is 4. The van der Waals surface area contributed by atoms with Crippen LogP contribution in [0.2, 0.25) is 0 Å². The first kappa shape index (κ1) is 12.1. The Balaban J connectivity index is 2.85. The zero-order valence-corrected chi connectivity index (χ0v) is 10.3. The third-order valence-corrected chi connectivity index (χ3v) is 2.55. The predicted octanol–water partition coefficient (Wildman–Crippen LogP) is 2.81. The Morgan fingerprint density at radius 2 is 1.87 bits per heavy atom. The summed E-state index contributed by atoms with van der Waals surface area (Å²) in [5.41, 5.74) is 3.83. The Morgan fingerprint density at radius 1 is 1.20 bits per heavy atom. The Morgan fingerprint density at radius 3 is 2.40 bits per heavy atom. The van der Waals surface area contributed by atoms with Gasteiger partial charge in [-0.2, -0.15) is 0 Å². The van der Waals surface area contributed by atoms with Crippen LogP contribution in [-0.2, 0) is 6.54 Å². The molecule has 0 aromatic heterocycles. The second-order valence-corrected chi connectivity index (χ2v) is 4.28. The summed E-state index contributed by atoms with van der Waals surface area (Å²) in [4.78, 5) is 0. The van der Waals surface area contributed by atoms with Gasteiger partial charge in [-0.1, -0.05) is 19.9 Å². The predicted molar refractivity (Wildman–Crippen MR) is 64.4 cm³/mol. The van der Waals surface area contributed by atoms with Crippen LogP contribution in [0.3, 0.4) is 0 Å². The molecule has 0 heterocycles. The smallest absolute Gasteiger partial charge is 0.122 e. The van der Waals surface area contributed by atoms with Crippen molar-refractivity contribution >= 4 is 0 Å². The summed E-state index contributed by atoms with van der Waals surface area (Å²) in [5.74, 6) is 0.973. The summed E-state index contributed by atoms with van der Waals surface area (Å²) in [7, 11) is 1.72. The largest absolute Gasteiger partial charge is 0.496 e. The zero-order valence-electron chi connectivity index (χ0n) is 10.3. The molecule has 0 amide bonds. The van der Waals surface area contributed by atoms with Gasteiger partial charge in [-0.15, -0.1) is 0 Å². The highest BCUT2D eigenvalue weighted by Crippen LogP contribution is 2.22. The van der Waals surface area contributed by atoms with E-state index in [2.05, 4.69) is 45.1 Å². The number of nitrogens with one attached hydrogen (secondary N) is 1. The first-order valence-electron chi connectivity index (χ1n) is 5.42. The highest BCUT2D eigenvalue weighted by molar-refractivity contribution is 5.41. The van der Waals surface area contributed by atoms with Gasteiger partial charge in [-0.05, 0) is 36.6 Å². The molecule has 0 fully saturated rings. The lowest BCUT2D eigenvalue weighted by Gasteiger charge is -2.13. The molecule has 1 aromatic carbocycles. The van der Waals surface area contributed by atoms with E-state index in [9.17, 15) is 0 Å². The van der Waals surface area contributed by atoms with Crippen molar-refractivity contribution in [3.8, 4) is 5.75 Å². The SMILES string of the molecule is COc1cc(C)c(CNC(C)C)cc1C. The number of hydrogen-bond acceptors (Lipinski definition) is 2. The highest BCUT2D eigenvalue weighted by Gasteiger charge is 2.04. The molecule has 1 rings (SSSR count). The van der Waals surface area contributed by atoms with Gasteiger partial charge in [0.2, 0.25) is 0 Å². The van der Waals surface area contributed by atoms with Crippen LogP contribution in [-0.4, -0.2) is 13.2 Å². The van der Waals surface area contributed by atoms with Crippen LogP contribution in [0.1, 0.15) is 30.5 Å². The monoisotopic (exact) mass is 207 g/mol. The molecule has 0 aliphatic rings. The zero-order chi connectivity index (χ0) is 11.4. The van der Waals surface area contributed by atoms with Crippen molar-refractivity contribution in [3.05, 3.63) is 28.8 Å². The fraction of sp³-hybridized carbons (Fsp3) is 0.538. The minimum atomic E-state index is 0.520. The van der Waals surface area contributed by atoms with E-state index < -0.39 is 0 Å². The molecule has 15 heavy (non-hydrogen) atoms. The maximum Gasteiger partial charge on any atom is 0.122 e. The molecule has 0 aliphatic heterocycles. The number of hydrogen-bond donors (Lipinski definition) is 1. The third-order valence-electron chi connectivity index (χ3n) is 2.55. The normalized spacial score (nSPS) is 10.8. The van der Waals surface area contributed by atoms with Gasteiger partial charge in [-0.25, -0.2) is 0 Å². The summed E-state index contributed by atoms with van der Waals surface area (Å²) in [6.45, 7) is 9.45. The lowest BCUT2D eigenvalue weighted by molar-refractivity contribution is 0.411. The molecule has 0 atom stereocenters. The van der Waals surface area contributed by atoms with E-state index >= 15 is 0 Å².